The van der Waals surface area contributed by atoms with Gasteiger partial charge in [-0.2, -0.15) is 24.9 Å². The van der Waals surface area contributed by atoms with Crippen molar-refractivity contribution in [3.8, 4) is 0 Å². The third-order valence-electron chi connectivity index (χ3n) is 4.18. The average Bonchev–Trinajstić information content (AvgIpc) is 2.61. The van der Waals surface area contributed by atoms with E-state index in [0.29, 0.717) is 10.7 Å². The van der Waals surface area contributed by atoms with Gasteiger partial charge in [0, 0.05) is 30.3 Å². The van der Waals surface area contributed by atoms with Gasteiger partial charge in [0.15, 0.2) is 0 Å². The highest BCUT2D eigenvalue weighted by molar-refractivity contribution is 7.99. The second-order valence-electron chi connectivity index (χ2n) is 6.05. The van der Waals surface area contributed by atoms with Gasteiger partial charge in [0.2, 0.25) is 0 Å². The standard InChI is InChI=1S/C18H17ClF3N3OS/c1-11-13(3-5-16(23-11)18(20,21)22)17(26)24-12-2-4-15(14(19)10-12)25-6-8-27-9-7-25/h2-5,10H,6-9H2,1H3,(H,24,26). The number of nitrogens with one attached hydrogen (secondary N) is 1. The van der Waals surface area contributed by atoms with Crippen LogP contribution < -0.4 is 10.2 Å². The van der Waals surface area contributed by atoms with Gasteiger partial charge in [0.25, 0.3) is 5.91 Å². The third-order valence-corrected chi connectivity index (χ3v) is 5.42. The third kappa shape index (κ3) is 4.68. The number of amides is 1. The van der Waals surface area contributed by atoms with Gasteiger partial charge >= 0.3 is 6.18 Å². The number of alkyl halides is 3. The molecule has 1 aromatic carbocycles. The predicted molar refractivity (Wildman–Crippen MR) is 103 cm³/mol. The summed E-state index contributed by atoms with van der Waals surface area (Å²) >= 11 is 8.25. The molecule has 1 saturated heterocycles. The summed E-state index contributed by atoms with van der Waals surface area (Å²) in [7, 11) is 0. The topological polar surface area (TPSA) is 45.2 Å². The van der Waals surface area contributed by atoms with Crippen molar-refractivity contribution in [1.82, 2.24) is 4.98 Å². The van der Waals surface area contributed by atoms with E-state index in [1.54, 1.807) is 12.1 Å². The van der Waals surface area contributed by atoms with Crippen LogP contribution >= 0.6 is 23.4 Å². The molecule has 1 fully saturated rings. The molecular weight excluding hydrogens is 399 g/mol. The summed E-state index contributed by atoms with van der Waals surface area (Å²) in [6.45, 7) is 3.19. The molecule has 0 unspecified atom stereocenters. The number of nitrogens with zero attached hydrogens (tertiary/aromatic N) is 2. The lowest BCUT2D eigenvalue weighted by Crippen LogP contribution is -2.32. The largest absolute Gasteiger partial charge is 0.433 e. The quantitative estimate of drug-likeness (QED) is 0.777. The minimum Gasteiger partial charge on any atom is -0.369 e. The van der Waals surface area contributed by atoms with E-state index in [1.165, 1.54) is 6.92 Å². The second kappa shape index (κ2) is 7.98. The Balaban J connectivity index is 1.75. The average molecular weight is 416 g/mol. The Morgan fingerprint density at radius 3 is 2.52 bits per heavy atom. The van der Waals surface area contributed by atoms with Gasteiger partial charge in [-0.1, -0.05) is 11.6 Å². The van der Waals surface area contributed by atoms with Crippen molar-refractivity contribution in [2.75, 3.05) is 34.8 Å². The first-order valence-electron chi connectivity index (χ1n) is 8.24. The highest BCUT2D eigenvalue weighted by Crippen LogP contribution is 2.31. The Kier molecular flexibility index (Phi) is 5.86. The van der Waals surface area contributed by atoms with Gasteiger partial charge in [-0.15, -0.1) is 0 Å². The summed E-state index contributed by atoms with van der Waals surface area (Å²) in [6.07, 6.45) is -4.55. The molecule has 3 rings (SSSR count). The molecule has 0 radical (unpaired) electrons. The monoisotopic (exact) mass is 415 g/mol. The predicted octanol–water partition coefficient (Wildman–Crippen LogP) is 4.87. The van der Waals surface area contributed by atoms with Crippen molar-refractivity contribution in [2.45, 2.75) is 13.1 Å². The van der Waals surface area contributed by atoms with Gasteiger partial charge in [-0.3, -0.25) is 4.79 Å². The lowest BCUT2D eigenvalue weighted by atomic mass is 10.1. The number of aromatic nitrogens is 1. The van der Waals surface area contributed by atoms with Crippen LogP contribution in [0.5, 0.6) is 0 Å². The molecule has 1 amide bonds. The van der Waals surface area contributed by atoms with Crippen LogP contribution in [0.3, 0.4) is 0 Å². The Morgan fingerprint density at radius 1 is 1.22 bits per heavy atom. The van der Waals surface area contributed by atoms with E-state index in [4.69, 9.17) is 11.6 Å². The lowest BCUT2D eigenvalue weighted by Gasteiger charge is -2.29. The van der Waals surface area contributed by atoms with E-state index in [2.05, 4.69) is 15.2 Å². The van der Waals surface area contributed by atoms with Crippen LogP contribution in [-0.4, -0.2) is 35.5 Å². The molecule has 2 heterocycles. The van der Waals surface area contributed by atoms with Gasteiger partial charge in [0.1, 0.15) is 5.69 Å². The van der Waals surface area contributed by atoms with Gasteiger partial charge in [-0.25, -0.2) is 4.98 Å². The van der Waals surface area contributed by atoms with Crippen LogP contribution in [0.4, 0.5) is 24.5 Å². The van der Waals surface area contributed by atoms with E-state index >= 15 is 0 Å². The molecule has 0 bridgehead atoms. The summed E-state index contributed by atoms with van der Waals surface area (Å²) in [5, 5.41) is 3.18. The fraction of sp³-hybridized carbons (Fsp3) is 0.333. The van der Waals surface area contributed by atoms with E-state index in [9.17, 15) is 18.0 Å². The van der Waals surface area contributed by atoms with Crippen molar-refractivity contribution < 1.29 is 18.0 Å². The number of aryl methyl sites for hydroxylation is 1. The van der Waals surface area contributed by atoms with Gasteiger partial charge in [-0.05, 0) is 37.3 Å². The Hall–Kier alpha value is -1.93. The van der Waals surface area contributed by atoms with Crippen LogP contribution in [0, 0.1) is 6.92 Å². The van der Waals surface area contributed by atoms with Crippen LogP contribution in [-0.2, 0) is 6.18 Å². The van der Waals surface area contributed by atoms with Crippen LogP contribution in [0.25, 0.3) is 0 Å². The summed E-state index contributed by atoms with van der Waals surface area (Å²) < 4.78 is 38.1. The van der Waals surface area contributed by atoms with E-state index in [1.807, 2.05) is 17.8 Å². The maximum atomic E-state index is 12.7. The minimum atomic E-state index is -4.55. The molecule has 0 aliphatic carbocycles. The maximum Gasteiger partial charge on any atom is 0.433 e. The van der Waals surface area contributed by atoms with Gasteiger partial charge in [0.05, 0.1) is 22.0 Å². The summed E-state index contributed by atoms with van der Waals surface area (Å²) in [6, 6.07) is 7.14. The molecule has 1 aliphatic rings. The van der Waals surface area contributed by atoms with Crippen LogP contribution in [0.15, 0.2) is 30.3 Å². The van der Waals surface area contributed by atoms with Crippen molar-refractivity contribution >= 4 is 40.6 Å². The Morgan fingerprint density at radius 2 is 1.93 bits per heavy atom. The molecule has 2 aromatic rings. The highest BCUT2D eigenvalue weighted by Gasteiger charge is 2.33. The zero-order chi connectivity index (χ0) is 19.6. The fourth-order valence-corrected chi connectivity index (χ4v) is 4.01. The first kappa shape index (κ1) is 19.8. The molecule has 1 aliphatic heterocycles. The zero-order valence-corrected chi connectivity index (χ0v) is 16.0. The van der Waals surface area contributed by atoms with E-state index in [-0.39, 0.29) is 11.3 Å². The summed E-state index contributed by atoms with van der Waals surface area (Å²) in [5.41, 5.74) is 0.442. The SMILES string of the molecule is Cc1nc(C(F)(F)F)ccc1C(=O)Nc1ccc(N2CCSCC2)c(Cl)c1. The van der Waals surface area contributed by atoms with Crippen molar-refractivity contribution in [1.29, 1.82) is 0 Å². The Bertz CT molecular complexity index is 854. The smallest absolute Gasteiger partial charge is 0.369 e. The maximum absolute atomic E-state index is 12.7. The molecule has 0 saturated carbocycles. The first-order valence-corrected chi connectivity index (χ1v) is 9.77. The minimum absolute atomic E-state index is 0.0101. The second-order valence-corrected chi connectivity index (χ2v) is 7.68. The number of carbonyl (C=O) groups excluding carboxylic acids is 1. The molecule has 144 valence electrons. The zero-order valence-electron chi connectivity index (χ0n) is 14.4. The summed E-state index contributed by atoms with van der Waals surface area (Å²) in [5.74, 6) is 1.54. The molecule has 9 heteroatoms. The lowest BCUT2D eigenvalue weighted by molar-refractivity contribution is -0.141. The number of carbonyl (C=O) groups is 1. The first-order chi connectivity index (χ1) is 12.8. The number of hydrogen-bond donors (Lipinski definition) is 1. The molecule has 27 heavy (non-hydrogen) atoms. The number of benzene rings is 1. The molecule has 1 aromatic heterocycles. The number of thioether (sulfide) groups is 1. The number of halogens is 4. The molecule has 0 spiro atoms. The number of pyridine rings is 1. The van der Waals surface area contributed by atoms with Crippen molar-refractivity contribution in [3.63, 3.8) is 0 Å². The molecule has 4 nitrogen and oxygen atoms in total. The van der Waals surface area contributed by atoms with E-state index in [0.717, 1.165) is 42.4 Å². The highest BCUT2D eigenvalue weighted by atomic mass is 35.5. The van der Waals surface area contributed by atoms with E-state index < -0.39 is 17.8 Å². The normalized spacial score (nSPS) is 14.9. The summed E-state index contributed by atoms with van der Waals surface area (Å²) in [4.78, 5) is 18.1. The van der Waals surface area contributed by atoms with Crippen molar-refractivity contribution in [3.05, 3.63) is 52.3 Å². The van der Waals surface area contributed by atoms with Gasteiger partial charge < -0.3 is 10.2 Å². The Labute approximate surface area is 164 Å². The molecule has 0 atom stereocenters. The number of hydrogen-bond acceptors (Lipinski definition) is 4. The van der Waals surface area contributed by atoms with Crippen LogP contribution in [0.1, 0.15) is 21.7 Å². The van der Waals surface area contributed by atoms with Crippen molar-refractivity contribution in [2.24, 2.45) is 0 Å². The fourth-order valence-electron chi connectivity index (χ4n) is 2.80. The molecular formula is C18H17ClF3N3OS. The molecule has 1 N–H and O–H groups in total. The number of anilines is 2. The number of rotatable bonds is 3. The van der Waals surface area contributed by atoms with Crippen LogP contribution in [0.2, 0.25) is 5.02 Å².